The van der Waals surface area contributed by atoms with Gasteiger partial charge in [0.2, 0.25) is 0 Å². The largest absolute Gasteiger partial charge is 0.420 e. The Balaban J connectivity index is 2.79. The maximum atomic E-state index is 8.16. The lowest BCUT2D eigenvalue weighted by atomic mass is 11.9. The van der Waals surface area contributed by atoms with E-state index in [1.807, 2.05) is 0 Å². The Labute approximate surface area is 30.7 Å². The fourth-order valence-electron chi connectivity index (χ4n) is 0.0215. The van der Waals surface area contributed by atoms with Crippen molar-refractivity contribution in [2.24, 2.45) is 0 Å². The molecule has 1 rings (SSSR count). The van der Waals surface area contributed by atoms with Gasteiger partial charge in [-0.15, -0.1) is 0 Å². The molecule has 0 radical (unpaired) electrons. The average Bonchev–Trinajstić information content (AvgIpc) is 1.75. The van der Waals surface area contributed by atoms with Crippen LogP contribution in [0.2, 0.25) is 0 Å². The van der Waals surface area contributed by atoms with Crippen LogP contribution in [0.5, 0.6) is 0 Å². The summed E-state index contributed by atoms with van der Waals surface area (Å²) in [5.74, 6) is 0. The van der Waals surface area contributed by atoms with Gasteiger partial charge in [0.15, 0.2) is 0 Å². The third-order valence-electron chi connectivity index (χ3n) is 0.223. The first-order valence-corrected chi connectivity index (χ1v) is 3.78. The fraction of sp³-hybridized carbons (Fsp3) is 1.00. The van der Waals surface area contributed by atoms with Crippen LogP contribution in [0.1, 0.15) is 0 Å². The van der Waals surface area contributed by atoms with Crippen molar-refractivity contribution in [2.75, 3.05) is 5.08 Å². The maximum Gasteiger partial charge on any atom is -0.0767 e. The lowest BCUT2D eigenvalue weighted by molar-refractivity contribution is 1.66. The summed E-state index contributed by atoms with van der Waals surface area (Å²) < 4.78 is 8.16. The van der Waals surface area contributed by atoms with Crippen molar-refractivity contribution in [1.29, 1.82) is 4.61 Å². The first-order chi connectivity index (χ1) is 1.89. The second-order valence-corrected chi connectivity index (χ2v) is 4.24. The molecule has 0 aliphatic carbocycles. The summed E-state index contributed by atoms with van der Waals surface area (Å²) in [5.41, 5.74) is 0. The quantitative estimate of drug-likeness (QED) is 0.249. The van der Waals surface area contributed by atoms with Gasteiger partial charge >= 0.3 is 0 Å². The van der Waals surface area contributed by atoms with Crippen LogP contribution >= 0.6 is 10.8 Å². The fourth-order valence-corrected chi connectivity index (χ4v) is 0.581. The molecule has 0 saturated carbocycles. The van der Waals surface area contributed by atoms with E-state index in [4.69, 9.17) is 4.61 Å². The van der Waals surface area contributed by atoms with Crippen molar-refractivity contribution in [3.8, 4) is 0 Å². The Morgan fingerprint density at radius 3 is 2.25 bits per heavy atom. The first-order valence-electron chi connectivity index (χ1n) is 0.927. The van der Waals surface area contributed by atoms with Crippen LogP contribution in [-0.4, -0.2) is 5.08 Å². The Bertz CT molecular complexity index is 69.8. The van der Waals surface area contributed by atoms with E-state index >= 15 is 0 Å². The molecule has 1 nitrogen and oxygen atoms in total. The molecule has 1 heterocycles. The Morgan fingerprint density at radius 2 is 2.25 bits per heavy atom. The van der Waals surface area contributed by atoms with Gasteiger partial charge in [0.05, 0.1) is 0 Å². The molecular weight excluding hydrogens is 90.2 g/mol. The number of nitrogens with zero attached hydrogens (tertiary/aromatic N) is 1. The summed E-state index contributed by atoms with van der Waals surface area (Å²) >= 11 is 0. The highest BCUT2D eigenvalue weighted by atomic mass is 33.2. The summed E-state index contributed by atoms with van der Waals surface area (Å²) in [6, 6.07) is 0. The molecule has 3 heteroatoms. The van der Waals surface area contributed by atoms with Gasteiger partial charge < -0.3 is 4.61 Å². The molecule has 1 fully saturated rings. The van der Waals surface area contributed by atoms with Crippen LogP contribution < -0.4 is 0 Å². The molecule has 1 aliphatic rings. The summed E-state index contributed by atoms with van der Waals surface area (Å²) in [5, 5.41) is 0.986. The minimum atomic E-state index is -0.194. The second-order valence-electron chi connectivity index (χ2n) is 0.557. The van der Waals surface area contributed by atoms with Crippen molar-refractivity contribution in [2.45, 2.75) is 0 Å². The highest BCUT2D eigenvalue weighted by Crippen LogP contribution is 2.24. The molecule has 0 amide bonds. The van der Waals surface area contributed by atoms with Crippen LogP contribution in [0.4, 0.5) is 0 Å². The van der Waals surface area contributed by atoms with Crippen molar-refractivity contribution in [3.05, 3.63) is 0 Å². The molecule has 0 N–H and O–H groups in total. The van der Waals surface area contributed by atoms with Crippen LogP contribution in [0.15, 0.2) is 0 Å². The van der Waals surface area contributed by atoms with Crippen molar-refractivity contribution < 1.29 is 0 Å². The molecule has 0 aromatic rings. The van der Waals surface area contributed by atoms with E-state index in [1.54, 1.807) is 10.8 Å². The van der Waals surface area contributed by atoms with E-state index in [0.717, 1.165) is 5.08 Å². The summed E-state index contributed by atoms with van der Waals surface area (Å²) in [7, 11) is 1.41. The van der Waals surface area contributed by atoms with Crippen molar-refractivity contribution >= 4 is 20.3 Å². The predicted octanol–water partition coefficient (Wildman–Crippen LogP) is 0.703. The zero-order valence-electron chi connectivity index (χ0n) is 1.97. The molecule has 0 unspecified atom stereocenters. The summed E-state index contributed by atoms with van der Waals surface area (Å²) in [4.78, 5) is 0. The molecule has 0 aromatic heterocycles. The van der Waals surface area contributed by atoms with Gasteiger partial charge in [-0.3, -0.25) is 20.3 Å². The predicted molar refractivity (Wildman–Crippen MR) is 21.5 cm³/mol. The monoisotopic (exact) mass is 92.0 g/mol. The topological polar surface area (TPSA) is 23.8 Å². The van der Waals surface area contributed by atoms with Crippen LogP contribution in [-0.2, 0) is 9.56 Å². The Kier molecular flexibility index (Phi) is 0.446. The summed E-state index contributed by atoms with van der Waals surface area (Å²) in [6.07, 6.45) is 0. The normalized spacial score (nSPS) is 25.8. The van der Waals surface area contributed by atoms with Crippen molar-refractivity contribution in [1.82, 2.24) is 0 Å². The molecular formula is CH2NS2-. The highest BCUT2D eigenvalue weighted by molar-refractivity contribution is 8.83. The summed E-state index contributed by atoms with van der Waals surface area (Å²) in [6.45, 7) is 0. The molecule has 0 atom stereocenters. The van der Waals surface area contributed by atoms with Gasteiger partial charge in [0.1, 0.15) is 0 Å². The van der Waals surface area contributed by atoms with E-state index in [2.05, 4.69) is 0 Å². The zero-order chi connectivity index (χ0) is 2.99. The van der Waals surface area contributed by atoms with Crippen molar-refractivity contribution in [3.63, 3.8) is 0 Å². The lowest BCUT2D eigenvalue weighted by Crippen LogP contribution is -1.24. The van der Waals surface area contributed by atoms with Gasteiger partial charge in [-0.2, -0.15) is 0 Å². The highest BCUT2D eigenvalue weighted by Gasteiger charge is 1.85. The second kappa shape index (κ2) is 0.677. The Hall–Kier alpha value is 0.410. The first kappa shape index (κ1) is 2.64. The van der Waals surface area contributed by atoms with Crippen LogP contribution in [0.3, 0.4) is 0 Å². The van der Waals surface area contributed by atoms with Crippen LogP contribution in [0, 0.1) is 4.61 Å². The molecule has 0 bridgehead atoms. The molecule has 1 aliphatic heterocycles. The van der Waals surface area contributed by atoms with E-state index < -0.39 is 0 Å². The Morgan fingerprint density at radius 1 is 2.00 bits per heavy atom. The van der Waals surface area contributed by atoms with Gasteiger partial charge in [0, 0.05) is 0 Å². The minimum Gasteiger partial charge on any atom is -0.420 e. The van der Waals surface area contributed by atoms with E-state index in [9.17, 15) is 0 Å². The third kappa shape index (κ3) is 0.412. The van der Waals surface area contributed by atoms with Gasteiger partial charge in [-0.25, -0.2) is 0 Å². The van der Waals surface area contributed by atoms with Gasteiger partial charge in [0.25, 0.3) is 0 Å². The molecule has 1 saturated heterocycles. The third-order valence-corrected chi connectivity index (χ3v) is 2.01. The number of hydrogen-bond donors (Lipinski definition) is 0. The van der Waals surface area contributed by atoms with Crippen LogP contribution in [0.25, 0.3) is 0 Å². The average molecular weight is 92.2 g/mol. The van der Waals surface area contributed by atoms with E-state index in [-0.39, 0.29) is 9.56 Å². The van der Waals surface area contributed by atoms with Gasteiger partial charge in [-0.1, -0.05) is 5.08 Å². The van der Waals surface area contributed by atoms with Gasteiger partial charge in [-0.05, 0) is 0 Å². The number of hydrogen-bond acceptors (Lipinski definition) is 3. The standard InChI is InChI=1S/CH2NS2/c2-4-1-3-4/h1H2/q-1. The number of rotatable bonds is 0. The SMILES string of the molecule is N#[S-]1CS1. The molecule has 0 aromatic carbocycles. The zero-order valence-corrected chi connectivity index (χ0v) is 3.60. The smallest absolute Gasteiger partial charge is 0.0767 e. The van der Waals surface area contributed by atoms with E-state index in [1.165, 1.54) is 0 Å². The molecule has 24 valence electrons. The molecule has 0 spiro atoms. The van der Waals surface area contributed by atoms with E-state index in [0.29, 0.717) is 0 Å². The minimum absolute atomic E-state index is 0.194. The maximum absolute atomic E-state index is 8.16. The molecule has 4 heavy (non-hydrogen) atoms. The lowest BCUT2D eigenvalue weighted by Gasteiger charge is -1.46.